The Morgan fingerprint density at radius 2 is 2.11 bits per heavy atom. The quantitative estimate of drug-likeness (QED) is 0.311. The molecule has 3 heterocycles. The maximum absolute atomic E-state index is 12.8. The van der Waals surface area contributed by atoms with Crippen molar-refractivity contribution in [2.24, 2.45) is 0 Å². The minimum atomic E-state index is 0.0550. The fourth-order valence-corrected chi connectivity index (χ4v) is 4.98. The zero-order valence-corrected chi connectivity index (χ0v) is 17.2. The molecule has 0 atom stereocenters. The van der Waals surface area contributed by atoms with Gasteiger partial charge in [-0.25, -0.2) is 4.98 Å². The minimum Gasteiger partial charge on any atom is -0.338 e. The normalized spacial score (nSPS) is 14.1. The molecule has 0 bridgehead atoms. The van der Waals surface area contributed by atoms with E-state index in [4.69, 9.17) is 9.51 Å². The summed E-state index contributed by atoms with van der Waals surface area (Å²) in [6.07, 6.45) is 2.05. The number of hydrogen-bond donors (Lipinski definition) is 0. The van der Waals surface area contributed by atoms with Crippen LogP contribution in [0.2, 0.25) is 0 Å². The van der Waals surface area contributed by atoms with Crippen molar-refractivity contribution in [1.82, 2.24) is 19.7 Å². The Morgan fingerprint density at radius 3 is 2.93 bits per heavy atom. The van der Waals surface area contributed by atoms with E-state index in [0.717, 1.165) is 33.1 Å². The number of hydrogen-bond acceptors (Lipinski definition) is 7. The Labute approximate surface area is 170 Å². The van der Waals surface area contributed by atoms with Crippen molar-refractivity contribution < 1.29 is 4.52 Å². The van der Waals surface area contributed by atoms with Crippen LogP contribution in [0.5, 0.6) is 0 Å². The minimum absolute atomic E-state index is 0.0550. The summed E-state index contributed by atoms with van der Waals surface area (Å²) in [5.74, 6) is 1.51. The molecule has 0 aliphatic heterocycles. The van der Waals surface area contributed by atoms with E-state index in [0.29, 0.717) is 22.6 Å². The average Bonchev–Trinajstić information content (AvgIpc) is 3.19. The van der Waals surface area contributed by atoms with Crippen LogP contribution < -0.4 is 5.56 Å². The second-order valence-corrected chi connectivity index (χ2v) is 8.93. The van der Waals surface area contributed by atoms with Gasteiger partial charge in [0.1, 0.15) is 4.70 Å². The van der Waals surface area contributed by atoms with E-state index < -0.39 is 0 Å². The molecule has 0 radical (unpaired) electrons. The van der Waals surface area contributed by atoms with Crippen molar-refractivity contribution in [1.29, 1.82) is 0 Å². The first-order valence-electron chi connectivity index (χ1n) is 8.41. The molecular weight excluding hydrogens is 448 g/mol. The maximum atomic E-state index is 12.8. The highest BCUT2D eigenvalue weighted by atomic mass is 79.9. The second-order valence-electron chi connectivity index (χ2n) is 6.22. The van der Waals surface area contributed by atoms with Gasteiger partial charge in [-0.1, -0.05) is 45.0 Å². The molecule has 0 amide bonds. The van der Waals surface area contributed by atoms with Crippen molar-refractivity contribution in [2.45, 2.75) is 29.8 Å². The predicted octanol–water partition coefficient (Wildman–Crippen LogP) is 4.90. The molecule has 1 saturated carbocycles. The van der Waals surface area contributed by atoms with Gasteiger partial charge >= 0.3 is 0 Å². The Morgan fingerprint density at radius 1 is 1.26 bits per heavy atom. The first-order chi connectivity index (χ1) is 13.2. The second kappa shape index (κ2) is 6.88. The van der Waals surface area contributed by atoms with E-state index in [1.807, 2.05) is 40.3 Å². The van der Waals surface area contributed by atoms with Gasteiger partial charge in [0.2, 0.25) is 11.7 Å². The molecule has 3 aromatic heterocycles. The number of thiophene rings is 1. The molecule has 0 saturated heterocycles. The first-order valence-corrected chi connectivity index (χ1v) is 11.1. The molecule has 5 rings (SSSR count). The lowest BCUT2D eigenvalue weighted by molar-refractivity contribution is 0.391. The molecule has 4 aromatic rings. The largest absolute Gasteiger partial charge is 0.338 e. The van der Waals surface area contributed by atoms with Crippen molar-refractivity contribution in [3.05, 3.63) is 56.4 Å². The van der Waals surface area contributed by atoms with E-state index in [-0.39, 0.29) is 11.6 Å². The number of halogens is 1. The molecule has 1 fully saturated rings. The molecule has 0 N–H and O–H groups in total. The zero-order valence-electron chi connectivity index (χ0n) is 14.0. The van der Waals surface area contributed by atoms with E-state index in [1.54, 1.807) is 0 Å². The van der Waals surface area contributed by atoms with Gasteiger partial charge in [-0.15, -0.1) is 11.3 Å². The van der Waals surface area contributed by atoms with Crippen molar-refractivity contribution >= 4 is 49.2 Å². The summed E-state index contributed by atoms with van der Waals surface area (Å²) in [6, 6.07) is 9.89. The molecule has 27 heavy (non-hydrogen) atoms. The molecular formula is C18H13BrN4O2S2. The SMILES string of the molecule is O=c1c2sccc2nc(SCc2nc(-c3ccccc3Br)no2)n1C1CC1. The molecule has 0 unspecified atom stereocenters. The van der Waals surface area contributed by atoms with Crippen molar-refractivity contribution in [2.75, 3.05) is 0 Å². The smallest absolute Gasteiger partial charge is 0.272 e. The Kier molecular flexibility index (Phi) is 4.37. The van der Waals surface area contributed by atoms with Gasteiger partial charge in [-0.3, -0.25) is 9.36 Å². The highest BCUT2D eigenvalue weighted by Gasteiger charge is 2.29. The van der Waals surface area contributed by atoms with Crippen LogP contribution in [0.4, 0.5) is 0 Å². The summed E-state index contributed by atoms with van der Waals surface area (Å²) in [5.41, 5.74) is 1.69. The Balaban J connectivity index is 1.43. The highest BCUT2D eigenvalue weighted by Crippen LogP contribution is 2.38. The van der Waals surface area contributed by atoms with E-state index in [2.05, 4.69) is 26.1 Å². The number of benzene rings is 1. The number of aromatic nitrogens is 4. The van der Waals surface area contributed by atoms with Crippen molar-refractivity contribution in [3.8, 4) is 11.4 Å². The molecule has 0 spiro atoms. The van der Waals surface area contributed by atoms with Gasteiger partial charge in [0.25, 0.3) is 5.56 Å². The third-order valence-electron chi connectivity index (χ3n) is 4.30. The standard InChI is InChI=1S/C18H13BrN4O2S2/c19-12-4-2-1-3-11(12)16-21-14(25-22-16)9-27-18-20-13-7-8-26-15(13)17(24)23(18)10-5-6-10/h1-4,7-8,10H,5-6,9H2. The molecule has 136 valence electrons. The molecule has 9 heteroatoms. The number of nitrogens with zero attached hydrogens (tertiary/aromatic N) is 4. The maximum Gasteiger partial charge on any atom is 0.272 e. The van der Waals surface area contributed by atoms with Gasteiger partial charge in [0.15, 0.2) is 5.16 Å². The van der Waals surface area contributed by atoms with Crippen LogP contribution in [0.1, 0.15) is 24.8 Å². The van der Waals surface area contributed by atoms with Crippen molar-refractivity contribution in [3.63, 3.8) is 0 Å². The predicted molar refractivity (Wildman–Crippen MR) is 109 cm³/mol. The average molecular weight is 461 g/mol. The lowest BCUT2D eigenvalue weighted by Gasteiger charge is -2.09. The van der Waals surface area contributed by atoms with E-state index in [1.165, 1.54) is 23.1 Å². The van der Waals surface area contributed by atoms with Crippen LogP contribution in [0.15, 0.2) is 54.7 Å². The van der Waals surface area contributed by atoms with E-state index in [9.17, 15) is 4.79 Å². The third-order valence-corrected chi connectivity index (χ3v) is 6.82. The van der Waals surface area contributed by atoms with Crippen LogP contribution in [-0.2, 0) is 5.75 Å². The lowest BCUT2D eigenvalue weighted by atomic mass is 10.2. The van der Waals surface area contributed by atoms with Crippen LogP contribution in [0, 0.1) is 0 Å². The van der Waals surface area contributed by atoms with Gasteiger partial charge in [0.05, 0.1) is 11.3 Å². The Hall–Kier alpha value is -1.97. The summed E-state index contributed by atoms with van der Waals surface area (Å²) >= 11 is 6.41. The summed E-state index contributed by atoms with van der Waals surface area (Å²) in [6.45, 7) is 0. The first kappa shape index (κ1) is 17.2. The lowest BCUT2D eigenvalue weighted by Crippen LogP contribution is -2.21. The number of fused-ring (bicyclic) bond motifs is 1. The zero-order chi connectivity index (χ0) is 18.4. The van der Waals surface area contributed by atoms with Crippen LogP contribution in [0.3, 0.4) is 0 Å². The van der Waals surface area contributed by atoms with Gasteiger partial charge < -0.3 is 4.52 Å². The monoisotopic (exact) mass is 460 g/mol. The van der Waals surface area contributed by atoms with Gasteiger partial charge in [-0.05, 0) is 36.4 Å². The van der Waals surface area contributed by atoms with Gasteiger partial charge in [0, 0.05) is 16.1 Å². The summed E-state index contributed by atoms with van der Waals surface area (Å²) < 4.78 is 8.86. The van der Waals surface area contributed by atoms with Crippen LogP contribution in [0.25, 0.3) is 21.6 Å². The molecule has 1 aliphatic rings. The summed E-state index contributed by atoms with van der Waals surface area (Å²) in [7, 11) is 0. The van der Waals surface area contributed by atoms with Crippen LogP contribution >= 0.6 is 39.0 Å². The molecule has 1 aliphatic carbocycles. The number of rotatable bonds is 5. The molecule has 1 aromatic carbocycles. The summed E-state index contributed by atoms with van der Waals surface area (Å²) in [4.78, 5) is 22.0. The fraction of sp³-hybridized carbons (Fsp3) is 0.222. The summed E-state index contributed by atoms with van der Waals surface area (Å²) in [5, 5.41) is 6.70. The van der Waals surface area contributed by atoms with E-state index >= 15 is 0 Å². The third kappa shape index (κ3) is 3.24. The fourth-order valence-electron chi connectivity index (χ4n) is 2.85. The molecule has 6 nitrogen and oxygen atoms in total. The van der Waals surface area contributed by atoms with Crippen LogP contribution in [-0.4, -0.2) is 19.7 Å². The topological polar surface area (TPSA) is 73.8 Å². The number of thioether (sulfide) groups is 1. The highest BCUT2D eigenvalue weighted by molar-refractivity contribution is 9.10. The Bertz CT molecular complexity index is 1200. The van der Waals surface area contributed by atoms with Gasteiger partial charge in [-0.2, -0.15) is 4.98 Å².